The van der Waals surface area contributed by atoms with E-state index in [-0.39, 0.29) is 5.92 Å². The number of fused-ring (bicyclic) bond motifs is 1. The van der Waals surface area contributed by atoms with Crippen LogP contribution in [0.25, 0.3) is 11.1 Å². The minimum atomic E-state index is -0.0489. The summed E-state index contributed by atoms with van der Waals surface area (Å²) in [5.41, 5.74) is 4.67. The number of rotatable bonds is 2. The largest absolute Gasteiger partial charge is 0.119 e. The molecular weight excluding hydrogens is 264 g/mol. The maximum absolute atomic E-state index is 5.95. The summed E-state index contributed by atoms with van der Waals surface area (Å²) in [6.07, 6.45) is 5.77. The van der Waals surface area contributed by atoms with Gasteiger partial charge in [0.15, 0.2) is 0 Å². The number of benzene rings is 1. The van der Waals surface area contributed by atoms with E-state index in [1.807, 2.05) is 42.5 Å². The van der Waals surface area contributed by atoms with Crippen LogP contribution in [0, 0.1) is 12.3 Å². The zero-order valence-corrected chi connectivity index (χ0v) is 11.6. The molecule has 1 aromatic rings. The van der Waals surface area contributed by atoms with Crippen LogP contribution >= 0.6 is 11.6 Å². The highest BCUT2D eigenvalue weighted by Crippen LogP contribution is 2.35. The Labute approximate surface area is 124 Å². The van der Waals surface area contributed by atoms with Gasteiger partial charge in [-0.25, -0.2) is 0 Å². The van der Waals surface area contributed by atoms with E-state index in [1.54, 1.807) is 0 Å². The van der Waals surface area contributed by atoms with E-state index in [0.29, 0.717) is 0 Å². The van der Waals surface area contributed by atoms with Crippen molar-refractivity contribution >= 4 is 11.6 Å². The first-order valence-electron chi connectivity index (χ1n) is 6.49. The number of hydrogen-bond donors (Lipinski definition) is 0. The molecule has 0 heterocycles. The molecule has 0 fully saturated rings. The molecule has 2 aliphatic carbocycles. The van der Waals surface area contributed by atoms with E-state index in [0.717, 1.165) is 10.6 Å². The van der Waals surface area contributed by atoms with Crippen LogP contribution in [0.2, 0.25) is 5.02 Å². The van der Waals surface area contributed by atoms with Crippen LogP contribution in [-0.4, -0.2) is 0 Å². The summed E-state index contributed by atoms with van der Waals surface area (Å²) >= 11 is 5.95. The Hall–Kier alpha value is -2.23. The summed E-state index contributed by atoms with van der Waals surface area (Å²) in [5.74, 6) is 2.85. The van der Waals surface area contributed by atoms with E-state index < -0.39 is 0 Å². The van der Waals surface area contributed by atoms with Gasteiger partial charge < -0.3 is 0 Å². The lowest BCUT2D eigenvalue weighted by molar-refractivity contribution is 1.08. The topological polar surface area (TPSA) is 0 Å². The Morgan fingerprint density at radius 1 is 0.850 bits per heavy atom. The zero-order chi connectivity index (χ0) is 13.9. The summed E-state index contributed by atoms with van der Waals surface area (Å²) in [4.78, 5) is 0. The van der Waals surface area contributed by atoms with E-state index >= 15 is 0 Å². The lowest BCUT2D eigenvalue weighted by atomic mass is 9.91. The second-order valence-electron chi connectivity index (χ2n) is 4.72. The van der Waals surface area contributed by atoms with Gasteiger partial charge in [0.2, 0.25) is 0 Å². The van der Waals surface area contributed by atoms with E-state index in [1.165, 1.54) is 16.7 Å². The van der Waals surface area contributed by atoms with Gasteiger partial charge in [0.1, 0.15) is 0 Å². The second-order valence-corrected chi connectivity index (χ2v) is 5.16. The van der Waals surface area contributed by atoms with Crippen LogP contribution in [0.15, 0.2) is 66.7 Å². The van der Waals surface area contributed by atoms with Crippen molar-refractivity contribution in [3.63, 3.8) is 0 Å². The Bertz CT molecular complexity index is 734. The van der Waals surface area contributed by atoms with E-state index in [2.05, 4.69) is 30.2 Å². The van der Waals surface area contributed by atoms with Gasteiger partial charge in [0.05, 0.1) is 5.92 Å². The molecule has 1 atom stereocenters. The molecule has 0 amide bonds. The molecule has 0 spiro atoms. The van der Waals surface area contributed by atoms with Crippen molar-refractivity contribution in [1.82, 2.24) is 0 Å². The fourth-order valence-electron chi connectivity index (χ4n) is 2.51. The van der Waals surface area contributed by atoms with Crippen LogP contribution in [-0.2, 0) is 0 Å². The molecule has 0 aliphatic heterocycles. The van der Waals surface area contributed by atoms with Crippen molar-refractivity contribution in [2.24, 2.45) is 0 Å². The van der Waals surface area contributed by atoms with Crippen molar-refractivity contribution in [1.29, 1.82) is 0 Å². The van der Waals surface area contributed by atoms with E-state index in [4.69, 9.17) is 18.0 Å². The number of halogens is 1. The highest BCUT2D eigenvalue weighted by molar-refractivity contribution is 6.30. The Morgan fingerprint density at radius 2 is 1.60 bits per heavy atom. The Balaban J connectivity index is 2.10. The number of terminal acetylenes is 1. The van der Waals surface area contributed by atoms with Crippen LogP contribution in [0.1, 0.15) is 17.0 Å². The predicted molar refractivity (Wildman–Crippen MR) is 85.2 cm³/mol. The highest BCUT2D eigenvalue weighted by atomic mass is 35.5. The monoisotopic (exact) mass is 276 g/mol. The molecule has 0 aromatic heterocycles. The fraction of sp³-hybridized carbons (Fsp3) is 0.0526. The molecule has 0 nitrogen and oxygen atoms in total. The number of hydrogen-bond acceptors (Lipinski definition) is 0. The van der Waals surface area contributed by atoms with Gasteiger partial charge in [-0.1, -0.05) is 72.1 Å². The van der Waals surface area contributed by atoms with Crippen molar-refractivity contribution < 1.29 is 0 Å². The maximum atomic E-state index is 5.95. The predicted octanol–water partition coefficient (Wildman–Crippen LogP) is 5.21. The minimum Gasteiger partial charge on any atom is -0.119 e. The van der Waals surface area contributed by atoms with Gasteiger partial charge in [-0.3, -0.25) is 0 Å². The van der Waals surface area contributed by atoms with Gasteiger partial charge >= 0.3 is 0 Å². The highest BCUT2D eigenvalue weighted by Gasteiger charge is 2.17. The Morgan fingerprint density at radius 3 is 2.35 bits per heavy atom. The molecular formula is C19H13Cl. The molecule has 0 radical (unpaired) electrons. The van der Waals surface area contributed by atoms with Crippen LogP contribution in [0.4, 0.5) is 0 Å². The smallest absolute Gasteiger partial charge is 0.0705 e. The minimum absolute atomic E-state index is 0.0489. The molecule has 1 heteroatoms. The molecule has 1 unspecified atom stereocenters. The summed E-state index contributed by atoms with van der Waals surface area (Å²) in [6.45, 7) is 0. The van der Waals surface area contributed by atoms with Gasteiger partial charge in [-0.15, -0.1) is 6.42 Å². The molecule has 20 heavy (non-hydrogen) atoms. The summed E-state index contributed by atoms with van der Waals surface area (Å²) in [7, 11) is 0. The molecule has 96 valence electrons. The molecule has 0 bridgehead atoms. The molecule has 2 aliphatic rings. The van der Waals surface area contributed by atoms with Crippen molar-refractivity contribution in [3.05, 3.63) is 82.9 Å². The summed E-state index contributed by atoms with van der Waals surface area (Å²) < 4.78 is 0. The first-order chi connectivity index (χ1) is 9.79. The average Bonchev–Trinajstić information content (AvgIpc) is 2.71. The fourth-order valence-corrected chi connectivity index (χ4v) is 2.64. The molecule has 3 rings (SSSR count). The summed E-state index contributed by atoms with van der Waals surface area (Å²) in [5, 5.41) is 0.725. The van der Waals surface area contributed by atoms with Crippen molar-refractivity contribution in [2.45, 2.75) is 5.92 Å². The SMILES string of the molecule is C#CC(c1ccc(Cl)cc1)c1ccc2cccccc1-2. The van der Waals surface area contributed by atoms with Gasteiger partial charge in [0, 0.05) is 5.02 Å². The van der Waals surface area contributed by atoms with Crippen LogP contribution < -0.4 is 0 Å². The van der Waals surface area contributed by atoms with E-state index in [9.17, 15) is 0 Å². The molecule has 0 saturated carbocycles. The van der Waals surface area contributed by atoms with Crippen LogP contribution in [0.3, 0.4) is 0 Å². The zero-order valence-electron chi connectivity index (χ0n) is 10.9. The lowest BCUT2D eigenvalue weighted by Gasteiger charge is -2.12. The standard InChI is InChI=1S/C19H13Cl/c1-2-17(15-8-11-16(20)12-9-15)19-13-10-14-6-4-3-5-7-18(14)19/h1,3-13,17H. The third-order valence-electron chi connectivity index (χ3n) is 3.51. The first-order valence-corrected chi connectivity index (χ1v) is 6.86. The Kier molecular flexibility index (Phi) is 3.46. The first kappa shape index (κ1) is 12.8. The third-order valence-corrected chi connectivity index (χ3v) is 3.76. The maximum Gasteiger partial charge on any atom is 0.0705 e. The summed E-state index contributed by atoms with van der Waals surface area (Å²) in [6, 6.07) is 22.3. The quantitative estimate of drug-likeness (QED) is 0.564. The lowest BCUT2D eigenvalue weighted by Crippen LogP contribution is -1.97. The molecule has 0 saturated heterocycles. The molecule has 0 N–H and O–H groups in total. The second kappa shape index (κ2) is 5.41. The third kappa shape index (κ3) is 2.29. The normalized spacial score (nSPS) is 12.0. The van der Waals surface area contributed by atoms with Crippen molar-refractivity contribution in [2.75, 3.05) is 0 Å². The molecule has 1 aromatic carbocycles. The van der Waals surface area contributed by atoms with Gasteiger partial charge in [-0.2, -0.15) is 0 Å². The van der Waals surface area contributed by atoms with Crippen molar-refractivity contribution in [3.8, 4) is 23.5 Å². The average molecular weight is 277 g/mol. The van der Waals surface area contributed by atoms with Crippen LogP contribution in [0.5, 0.6) is 0 Å². The van der Waals surface area contributed by atoms with Gasteiger partial charge in [0.25, 0.3) is 0 Å². The van der Waals surface area contributed by atoms with Gasteiger partial charge in [-0.05, 0) is 34.4 Å².